The van der Waals surface area contributed by atoms with E-state index in [0.29, 0.717) is 23.2 Å². The number of para-hydroxylation sites is 1. The van der Waals surface area contributed by atoms with Crippen LogP contribution >= 0.6 is 23.1 Å². The molecule has 2 aliphatic heterocycles. The summed E-state index contributed by atoms with van der Waals surface area (Å²) >= 11 is 3.02. The SMILES string of the molecule is CCCCn1c(=O)/c(=C2\Sc3ccc(OC)cc3N2C)s/c1=C1\C(=O)N(CC)c2ccccc21. The third-order valence-electron chi connectivity index (χ3n) is 6.30. The first-order valence-electron chi connectivity index (χ1n) is 11.5. The molecule has 6 nitrogen and oxygen atoms in total. The van der Waals surface area contributed by atoms with E-state index >= 15 is 0 Å². The molecule has 8 heteroatoms. The van der Waals surface area contributed by atoms with Gasteiger partial charge in [-0.25, -0.2) is 0 Å². The highest BCUT2D eigenvalue weighted by atomic mass is 32.2. The Balaban J connectivity index is 1.80. The molecule has 3 heterocycles. The van der Waals surface area contributed by atoms with Crippen molar-refractivity contribution in [2.24, 2.45) is 0 Å². The summed E-state index contributed by atoms with van der Waals surface area (Å²) in [5.41, 5.74) is 3.43. The number of methoxy groups -OCH3 is 1. The lowest BCUT2D eigenvalue weighted by atomic mass is 10.1. The molecule has 0 saturated carbocycles. The number of likely N-dealkylation sites (N-methyl/N-ethyl adjacent to an activating group) is 1. The number of rotatable bonds is 5. The fourth-order valence-electron chi connectivity index (χ4n) is 4.50. The molecule has 0 N–H and O–H groups in total. The van der Waals surface area contributed by atoms with Crippen LogP contribution in [0.5, 0.6) is 5.75 Å². The second-order valence-corrected chi connectivity index (χ2v) is 10.3. The Labute approximate surface area is 206 Å². The minimum absolute atomic E-state index is 0.0321. The molecule has 1 aromatic heterocycles. The Bertz CT molecular complexity index is 1470. The van der Waals surface area contributed by atoms with Crippen LogP contribution < -0.4 is 29.3 Å². The van der Waals surface area contributed by atoms with Gasteiger partial charge in [-0.1, -0.05) is 43.3 Å². The second kappa shape index (κ2) is 9.00. The highest BCUT2D eigenvalue weighted by molar-refractivity contribution is 8.08. The van der Waals surface area contributed by atoms with Crippen molar-refractivity contribution in [2.75, 3.05) is 30.5 Å². The fourth-order valence-corrected chi connectivity index (χ4v) is 7.01. The number of hydrogen-bond donors (Lipinski definition) is 0. The molecule has 0 fully saturated rings. The number of thiazole rings is 1. The topological polar surface area (TPSA) is 54.8 Å². The normalized spacial score (nSPS) is 17.9. The smallest absolute Gasteiger partial charge is 0.271 e. The van der Waals surface area contributed by atoms with Crippen LogP contribution in [0.25, 0.3) is 10.6 Å². The van der Waals surface area contributed by atoms with E-state index in [1.807, 2.05) is 61.0 Å². The minimum atomic E-state index is -0.0350. The van der Waals surface area contributed by atoms with Crippen molar-refractivity contribution in [1.82, 2.24) is 4.57 Å². The maximum atomic E-state index is 13.8. The molecule has 0 spiro atoms. The van der Waals surface area contributed by atoms with Gasteiger partial charge < -0.3 is 14.5 Å². The van der Waals surface area contributed by atoms with Crippen molar-refractivity contribution in [2.45, 2.75) is 38.1 Å². The predicted molar refractivity (Wildman–Crippen MR) is 140 cm³/mol. The van der Waals surface area contributed by atoms with E-state index < -0.39 is 0 Å². The van der Waals surface area contributed by atoms with Gasteiger partial charge in [-0.05, 0) is 31.5 Å². The van der Waals surface area contributed by atoms with Gasteiger partial charge in [0.25, 0.3) is 11.5 Å². The first kappa shape index (κ1) is 22.8. The summed E-state index contributed by atoms with van der Waals surface area (Å²) < 4.78 is 8.63. The van der Waals surface area contributed by atoms with Gasteiger partial charge in [0, 0.05) is 36.7 Å². The number of hydrogen-bond acceptors (Lipinski definition) is 6. The number of fused-ring (bicyclic) bond motifs is 2. The van der Waals surface area contributed by atoms with Gasteiger partial charge in [0.15, 0.2) is 0 Å². The van der Waals surface area contributed by atoms with Crippen LogP contribution in [0.3, 0.4) is 0 Å². The summed E-state index contributed by atoms with van der Waals surface area (Å²) in [6.07, 6.45) is 1.84. The van der Waals surface area contributed by atoms with Crippen molar-refractivity contribution in [3.8, 4) is 5.75 Å². The number of nitrogens with zero attached hydrogens (tertiary/aromatic N) is 3. The van der Waals surface area contributed by atoms with E-state index in [-0.39, 0.29) is 11.5 Å². The van der Waals surface area contributed by atoms with Gasteiger partial charge in [-0.2, -0.15) is 0 Å². The van der Waals surface area contributed by atoms with Crippen molar-refractivity contribution >= 4 is 51.0 Å². The Morgan fingerprint density at radius 3 is 2.56 bits per heavy atom. The maximum absolute atomic E-state index is 13.8. The monoisotopic (exact) mass is 493 g/mol. The molecule has 0 radical (unpaired) electrons. The minimum Gasteiger partial charge on any atom is -0.497 e. The summed E-state index contributed by atoms with van der Waals surface area (Å²) in [5, 5.41) is 0.890. The number of unbranched alkanes of at least 4 members (excludes halogenated alkanes) is 1. The number of amides is 1. The van der Waals surface area contributed by atoms with Crippen molar-refractivity contribution in [3.63, 3.8) is 0 Å². The van der Waals surface area contributed by atoms with Crippen LogP contribution in [0.15, 0.2) is 52.2 Å². The molecule has 3 aromatic rings. The Morgan fingerprint density at radius 1 is 1.03 bits per heavy atom. The molecule has 0 atom stereocenters. The molecule has 176 valence electrons. The van der Waals surface area contributed by atoms with E-state index in [1.165, 1.54) is 11.3 Å². The maximum Gasteiger partial charge on any atom is 0.271 e. The highest BCUT2D eigenvalue weighted by Crippen LogP contribution is 2.46. The lowest BCUT2D eigenvalue weighted by Crippen LogP contribution is -2.35. The Morgan fingerprint density at radius 2 is 1.82 bits per heavy atom. The van der Waals surface area contributed by atoms with Gasteiger partial charge in [-0.15, -0.1) is 11.3 Å². The molecule has 2 aliphatic rings. The number of thioether (sulfide) groups is 1. The predicted octanol–water partition coefficient (Wildman–Crippen LogP) is 3.59. The highest BCUT2D eigenvalue weighted by Gasteiger charge is 2.33. The van der Waals surface area contributed by atoms with Gasteiger partial charge >= 0.3 is 0 Å². The quantitative estimate of drug-likeness (QED) is 0.544. The zero-order valence-electron chi connectivity index (χ0n) is 19.8. The average molecular weight is 494 g/mol. The molecule has 34 heavy (non-hydrogen) atoms. The summed E-state index contributed by atoms with van der Waals surface area (Å²) in [6.45, 7) is 5.27. The number of anilines is 2. The van der Waals surface area contributed by atoms with Crippen molar-refractivity contribution in [3.05, 3.63) is 67.6 Å². The van der Waals surface area contributed by atoms with Gasteiger partial charge in [0.1, 0.15) is 20.0 Å². The largest absolute Gasteiger partial charge is 0.497 e. The van der Waals surface area contributed by atoms with Crippen LogP contribution in [-0.2, 0) is 11.3 Å². The van der Waals surface area contributed by atoms with Gasteiger partial charge in [0.05, 0.1) is 24.1 Å². The molecule has 0 unspecified atom stereocenters. The Kier molecular flexibility index (Phi) is 6.04. The third kappa shape index (κ3) is 3.47. The van der Waals surface area contributed by atoms with E-state index in [9.17, 15) is 9.59 Å². The second-order valence-electron chi connectivity index (χ2n) is 8.29. The molecular weight excluding hydrogens is 466 g/mol. The van der Waals surface area contributed by atoms with E-state index in [4.69, 9.17) is 4.74 Å². The van der Waals surface area contributed by atoms with Crippen molar-refractivity contribution < 1.29 is 9.53 Å². The third-order valence-corrected chi connectivity index (χ3v) is 8.86. The molecular formula is C26H27N3O3S2. The van der Waals surface area contributed by atoms with Crippen LogP contribution in [-0.4, -0.2) is 31.2 Å². The Hall–Kier alpha value is -2.97. The summed E-state index contributed by atoms with van der Waals surface area (Å²) in [5.74, 6) is 0.746. The summed E-state index contributed by atoms with van der Waals surface area (Å²) in [6, 6.07) is 13.8. The van der Waals surface area contributed by atoms with E-state index in [2.05, 4.69) is 11.8 Å². The zero-order chi connectivity index (χ0) is 24.0. The van der Waals surface area contributed by atoms with Crippen LogP contribution in [0.4, 0.5) is 11.4 Å². The van der Waals surface area contributed by atoms with Gasteiger partial charge in [0.2, 0.25) is 0 Å². The standard InChI is InChI=1S/C26H27N3O3S2/c1-5-7-14-29-24(31)22(26-27(3)19-15-16(32-4)12-13-20(19)33-26)34-25(29)21-17-10-8-9-11-18(17)28(6-2)23(21)30/h8-13,15H,5-7,14H2,1-4H3/b25-21-,26-22+. The zero-order valence-corrected chi connectivity index (χ0v) is 21.4. The molecule has 0 bridgehead atoms. The first-order valence-corrected chi connectivity index (χ1v) is 13.1. The fraction of sp³-hybridized carbons (Fsp3) is 0.308. The van der Waals surface area contributed by atoms with Crippen molar-refractivity contribution in [1.29, 1.82) is 0 Å². The lowest BCUT2D eigenvalue weighted by Gasteiger charge is -2.13. The molecule has 0 saturated heterocycles. The van der Waals surface area contributed by atoms with Gasteiger partial charge in [-0.3, -0.25) is 14.2 Å². The van der Waals surface area contributed by atoms with E-state index in [1.54, 1.807) is 23.8 Å². The number of aromatic nitrogens is 1. The molecule has 5 rings (SSSR count). The number of benzene rings is 2. The van der Waals surface area contributed by atoms with Crippen LogP contribution in [0, 0.1) is 0 Å². The van der Waals surface area contributed by atoms with Crippen LogP contribution in [0.2, 0.25) is 0 Å². The first-order chi connectivity index (χ1) is 16.5. The number of carbonyl (C=O) groups is 1. The van der Waals surface area contributed by atoms with Crippen LogP contribution in [0.1, 0.15) is 32.3 Å². The summed E-state index contributed by atoms with van der Waals surface area (Å²) in [7, 11) is 3.63. The molecule has 0 aliphatic carbocycles. The number of ether oxygens (including phenoxy) is 1. The number of carbonyl (C=O) groups excluding carboxylic acids is 1. The molecule has 1 amide bonds. The average Bonchev–Trinajstić information content (AvgIpc) is 3.45. The molecule has 2 aromatic carbocycles. The summed E-state index contributed by atoms with van der Waals surface area (Å²) in [4.78, 5) is 32.2. The lowest BCUT2D eigenvalue weighted by molar-refractivity contribution is -0.113. The van der Waals surface area contributed by atoms with E-state index in [0.717, 1.165) is 50.1 Å².